The molecule has 0 radical (unpaired) electrons. The van der Waals surface area contributed by atoms with Crippen molar-refractivity contribution in [3.05, 3.63) is 64.8 Å². The molecule has 0 bridgehead atoms. The lowest BCUT2D eigenvalue weighted by Crippen LogP contribution is -2.37. The predicted octanol–water partition coefficient (Wildman–Crippen LogP) is 5.68. The zero-order chi connectivity index (χ0) is 25.4. The number of benzene rings is 2. The van der Waals surface area contributed by atoms with E-state index in [1.165, 1.54) is 0 Å². The zero-order valence-corrected chi connectivity index (χ0v) is 21.8. The highest BCUT2D eigenvalue weighted by molar-refractivity contribution is 6.30. The first-order valence-corrected chi connectivity index (χ1v) is 12.7. The average Bonchev–Trinajstić information content (AvgIpc) is 3.45. The molecule has 1 saturated heterocycles. The molecule has 1 unspecified atom stereocenters. The normalized spacial score (nSPS) is 21.6. The second-order valence-corrected chi connectivity index (χ2v) is 10.8. The van der Waals surface area contributed by atoms with E-state index in [1.807, 2.05) is 69.3 Å². The predicted molar refractivity (Wildman–Crippen MR) is 141 cm³/mol. The number of halogens is 1. The summed E-state index contributed by atoms with van der Waals surface area (Å²) in [5, 5.41) is 4.79. The highest BCUT2D eigenvalue weighted by atomic mass is 35.5. The summed E-state index contributed by atoms with van der Waals surface area (Å²) in [7, 11) is 1.74. The van der Waals surface area contributed by atoms with Crippen LogP contribution in [0.5, 0.6) is 5.75 Å². The molecule has 0 aliphatic carbocycles. The molecule has 1 N–H and O–H groups in total. The molecule has 7 nitrogen and oxygen atoms in total. The fraction of sp³-hybridized carbons (Fsp3) is 0.429. The summed E-state index contributed by atoms with van der Waals surface area (Å²) in [5.74, 6) is 0.768. The Balaban J connectivity index is 1.44. The molecule has 0 spiro atoms. The first-order valence-electron chi connectivity index (χ1n) is 12.3. The van der Waals surface area contributed by atoms with Crippen LogP contribution in [0, 0.1) is 0 Å². The van der Waals surface area contributed by atoms with Crippen LogP contribution in [-0.4, -0.2) is 49.1 Å². The molecular formula is C28H32ClN3O4. The summed E-state index contributed by atoms with van der Waals surface area (Å²) in [6.45, 7) is 6.98. The number of carbonyl (C=O) groups excluding carboxylic acids is 1. The Morgan fingerprint density at radius 3 is 2.75 bits per heavy atom. The van der Waals surface area contributed by atoms with Crippen molar-refractivity contribution in [3.8, 4) is 5.75 Å². The number of anilines is 1. The number of pyridine rings is 1. The Hall–Kier alpha value is -2.87. The van der Waals surface area contributed by atoms with Gasteiger partial charge in [0, 0.05) is 30.6 Å². The molecule has 8 heteroatoms. The first-order chi connectivity index (χ1) is 17.2. The number of fused-ring (bicyclic) bond motifs is 2. The minimum atomic E-state index is -0.632. The maximum absolute atomic E-state index is 13.4. The number of amides is 1. The largest absolute Gasteiger partial charge is 0.492 e. The monoisotopic (exact) mass is 509 g/mol. The topological polar surface area (TPSA) is 72.9 Å². The van der Waals surface area contributed by atoms with Crippen molar-refractivity contribution in [2.24, 2.45) is 0 Å². The number of nitrogens with one attached hydrogen (secondary N) is 1. The molecule has 2 aliphatic heterocycles. The number of methoxy groups -OCH3 is 1. The van der Waals surface area contributed by atoms with Gasteiger partial charge in [-0.3, -0.25) is 4.90 Å². The van der Waals surface area contributed by atoms with Crippen LogP contribution >= 0.6 is 11.6 Å². The van der Waals surface area contributed by atoms with E-state index in [9.17, 15) is 4.79 Å². The van der Waals surface area contributed by atoms with Crippen molar-refractivity contribution in [1.82, 2.24) is 10.3 Å². The molecule has 1 fully saturated rings. The van der Waals surface area contributed by atoms with E-state index in [-0.39, 0.29) is 18.2 Å². The van der Waals surface area contributed by atoms with E-state index in [4.69, 9.17) is 25.8 Å². The minimum absolute atomic E-state index is 0.224. The molecular weight excluding hydrogens is 478 g/mol. The third kappa shape index (κ3) is 5.14. The maximum atomic E-state index is 13.4. The van der Waals surface area contributed by atoms with Crippen LogP contribution in [0.3, 0.4) is 0 Å². The van der Waals surface area contributed by atoms with Gasteiger partial charge in [0.2, 0.25) is 0 Å². The van der Waals surface area contributed by atoms with Gasteiger partial charge in [-0.2, -0.15) is 0 Å². The number of aromatic nitrogens is 1. The van der Waals surface area contributed by atoms with Crippen molar-refractivity contribution in [1.29, 1.82) is 0 Å². The van der Waals surface area contributed by atoms with Crippen molar-refractivity contribution in [2.75, 3.05) is 25.2 Å². The van der Waals surface area contributed by atoms with Crippen molar-refractivity contribution in [3.63, 3.8) is 0 Å². The molecule has 190 valence electrons. The van der Waals surface area contributed by atoms with Gasteiger partial charge in [-0.1, -0.05) is 29.8 Å². The molecule has 1 amide bonds. The molecule has 2 aliphatic rings. The summed E-state index contributed by atoms with van der Waals surface area (Å²) in [6, 6.07) is 15.6. The van der Waals surface area contributed by atoms with Gasteiger partial charge in [0.25, 0.3) is 0 Å². The van der Waals surface area contributed by atoms with Crippen LogP contribution in [0.1, 0.15) is 44.4 Å². The SMILES string of the molecule is CO[C@H]1CN[C@H](COc2ccc3c(c2)CC(c2cc4ccccc4nc2Cl)N3C(=O)OC(C)(C)C)C1. The highest BCUT2D eigenvalue weighted by Crippen LogP contribution is 2.44. The van der Waals surface area contributed by atoms with Gasteiger partial charge < -0.3 is 19.5 Å². The summed E-state index contributed by atoms with van der Waals surface area (Å²) >= 11 is 6.67. The van der Waals surface area contributed by atoms with Gasteiger partial charge in [0.05, 0.1) is 23.3 Å². The minimum Gasteiger partial charge on any atom is -0.492 e. The zero-order valence-electron chi connectivity index (χ0n) is 21.1. The Labute approximate surface area is 216 Å². The smallest absolute Gasteiger partial charge is 0.415 e. The first kappa shape index (κ1) is 24.8. The van der Waals surface area contributed by atoms with Crippen molar-refractivity contribution < 1.29 is 19.0 Å². The van der Waals surface area contributed by atoms with Crippen LogP contribution in [0.15, 0.2) is 48.5 Å². The van der Waals surface area contributed by atoms with Crippen molar-refractivity contribution in [2.45, 2.75) is 57.4 Å². The van der Waals surface area contributed by atoms with E-state index in [0.29, 0.717) is 18.2 Å². The number of hydrogen-bond donors (Lipinski definition) is 1. The fourth-order valence-electron chi connectivity index (χ4n) is 4.93. The molecule has 3 aromatic rings. The summed E-state index contributed by atoms with van der Waals surface area (Å²) in [5.41, 5.74) is 2.77. The van der Waals surface area contributed by atoms with E-state index < -0.39 is 11.7 Å². The Morgan fingerprint density at radius 2 is 2.00 bits per heavy atom. The van der Waals surface area contributed by atoms with Gasteiger partial charge in [-0.15, -0.1) is 0 Å². The lowest BCUT2D eigenvalue weighted by molar-refractivity contribution is 0.0569. The van der Waals surface area contributed by atoms with Gasteiger partial charge in [0.1, 0.15) is 23.1 Å². The van der Waals surface area contributed by atoms with Crippen LogP contribution in [0.25, 0.3) is 10.9 Å². The lowest BCUT2D eigenvalue weighted by atomic mass is 10.0. The van der Waals surface area contributed by atoms with E-state index in [1.54, 1.807) is 12.0 Å². The maximum Gasteiger partial charge on any atom is 0.415 e. The third-order valence-corrected chi connectivity index (χ3v) is 6.96. The summed E-state index contributed by atoms with van der Waals surface area (Å²) in [4.78, 5) is 19.7. The van der Waals surface area contributed by atoms with Crippen LogP contribution in [0.2, 0.25) is 5.15 Å². The average molecular weight is 510 g/mol. The van der Waals surface area contributed by atoms with E-state index in [2.05, 4.69) is 10.3 Å². The molecule has 3 heterocycles. The quantitative estimate of drug-likeness (QED) is 0.446. The molecule has 1 aromatic heterocycles. The Morgan fingerprint density at radius 1 is 1.19 bits per heavy atom. The van der Waals surface area contributed by atoms with Gasteiger partial charge in [0.15, 0.2) is 0 Å². The van der Waals surface area contributed by atoms with Gasteiger partial charge in [-0.05, 0) is 69.5 Å². The lowest BCUT2D eigenvalue weighted by Gasteiger charge is -2.29. The second kappa shape index (κ2) is 9.88. The van der Waals surface area contributed by atoms with E-state index >= 15 is 0 Å². The summed E-state index contributed by atoms with van der Waals surface area (Å²) in [6.07, 6.45) is 1.31. The highest BCUT2D eigenvalue weighted by Gasteiger charge is 2.39. The van der Waals surface area contributed by atoms with Crippen LogP contribution < -0.4 is 15.0 Å². The third-order valence-electron chi connectivity index (χ3n) is 6.66. The molecule has 36 heavy (non-hydrogen) atoms. The molecule has 5 rings (SSSR count). The Kier molecular flexibility index (Phi) is 6.81. The number of para-hydroxylation sites is 1. The Bertz CT molecular complexity index is 1280. The van der Waals surface area contributed by atoms with Crippen LogP contribution in [0.4, 0.5) is 10.5 Å². The summed E-state index contributed by atoms with van der Waals surface area (Å²) < 4.78 is 17.3. The van der Waals surface area contributed by atoms with Crippen LogP contribution in [-0.2, 0) is 15.9 Å². The number of carbonyl (C=O) groups is 1. The number of nitrogens with zero attached hydrogens (tertiary/aromatic N) is 2. The molecule has 2 aromatic carbocycles. The van der Waals surface area contributed by atoms with E-state index in [0.717, 1.165) is 46.4 Å². The second-order valence-electron chi connectivity index (χ2n) is 10.4. The van der Waals surface area contributed by atoms with Gasteiger partial charge >= 0.3 is 6.09 Å². The number of rotatable bonds is 5. The number of ether oxygens (including phenoxy) is 3. The standard InChI is InChI=1S/C28H32ClN3O4/c1-28(2,3)36-27(33)32-24-10-9-20(35-16-19-14-21(34-4)15-30-19)11-18(24)13-25(32)22-12-17-7-5-6-8-23(17)31-26(22)29/h5-12,19,21,25,30H,13-16H2,1-4H3/t19-,21+,25?/m0/s1. The number of hydrogen-bond acceptors (Lipinski definition) is 6. The molecule has 0 saturated carbocycles. The fourth-order valence-corrected chi connectivity index (χ4v) is 5.20. The van der Waals surface area contributed by atoms with Gasteiger partial charge in [-0.25, -0.2) is 9.78 Å². The molecule has 3 atom stereocenters. The van der Waals surface area contributed by atoms with Crippen molar-refractivity contribution >= 4 is 34.3 Å².